The highest BCUT2D eigenvalue weighted by atomic mass is 19.1. The minimum atomic E-state index is -0.612. The summed E-state index contributed by atoms with van der Waals surface area (Å²) in [6.45, 7) is 0.482. The van der Waals surface area contributed by atoms with E-state index in [1.54, 1.807) is 0 Å². The van der Waals surface area contributed by atoms with Gasteiger partial charge in [0.1, 0.15) is 5.82 Å². The molecule has 0 aliphatic carbocycles. The zero-order valence-corrected chi connectivity index (χ0v) is 9.40. The zero-order chi connectivity index (χ0) is 12.4. The number of hydrogen-bond donors (Lipinski definition) is 2. The molecule has 1 aliphatic rings. The molecule has 0 spiro atoms. The molecule has 4 nitrogen and oxygen atoms in total. The smallest absolute Gasteiger partial charge is 0.257 e. The molecular weight excluding hydrogens is 223 g/mol. The summed E-state index contributed by atoms with van der Waals surface area (Å²) in [6.07, 6.45) is 1.60. The molecule has 92 valence electrons. The molecule has 17 heavy (non-hydrogen) atoms. The molecule has 0 unspecified atom stereocenters. The van der Waals surface area contributed by atoms with Crippen LogP contribution in [0.3, 0.4) is 0 Å². The Labute approximate surface area is 98.8 Å². The molecule has 5 heteroatoms. The van der Waals surface area contributed by atoms with Crippen molar-refractivity contribution in [1.82, 2.24) is 4.90 Å². The van der Waals surface area contributed by atoms with Gasteiger partial charge >= 0.3 is 0 Å². The maximum absolute atomic E-state index is 13.6. The van der Waals surface area contributed by atoms with Crippen LogP contribution >= 0.6 is 0 Å². The Morgan fingerprint density at radius 2 is 2.35 bits per heavy atom. The molecule has 0 aromatic heterocycles. The van der Waals surface area contributed by atoms with Crippen LogP contribution in [-0.2, 0) is 0 Å². The maximum atomic E-state index is 13.6. The molecule has 1 aromatic carbocycles. The molecule has 0 radical (unpaired) electrons. The Morgan fingerprint density at radius 3 is 3.00 bits per heavy atom. The third kappa shape index (κ3) is 2.24. The third-order valence-corrected chi connectivity index (χ3v) is 3.07. The number of nitrogens with two attached hydrogens (primary N) is 1. The number of amides is 1. The Kier molecular flexibility index (Phi) is 3.28. The minimum absolute atomic E-state index is 0.0135. The fraction of sp³-hybridized carbons (Fsp3) is 0.417. The van der Waals surface area contributed by atoms with Gasteiger partial charge < -0.3 is 15.7 Å². The molecular formula is C12H15FN2O2. The van der Waals surface area contributed by atoms with E-state index in [1.165, 1.54) is 17.0 Å². The van der Waals surface area contributed by atoms with Crippen molar-refractivity contribution in [3.05, 3.63) is 29.6 Å². The van der Waals surface area contributed by atoms with Crippen molar-refractivity contribution in [2.24, 2.45) is 0 Å². The summed E-state index contributed by atoms with van der Waals surface area (Å²) in [7, 11) is 0. The van der Waals surface area contributed by atoms with Gasteiger partial charge in [-0.1, -0.05) is 0 Å². The number of anilines is 1. The fourth-order valence-electron chi connectivity index (χ4n) is 2.15. The van der Waals surface area contributed by atoms with E-state index in [2.05, 4.69) is 0 Å². The van der Waals surface area contributed by atoms with Crippen molar-refractivity contribution < 1.29 is 14.3 Å². The largest absolute Gasteiger partial charge is 0.399 e. The number of carbonyl (C=O) groups excluding carboxylic acids is 1. The van der Waals surface area contributed by atoms with Gasteiger partial charge in [-0.05, 0) is 31.0 Å². The predicted molar refractivity (Wildman–Crippen MR) is 62.0 cm³/mol. The summed E-state index contributed by atoms with van der Waals surface area (Å²) in [5, 5.41) is 9.14. The van der Waals surface area contributed by atoms with Gasteiger partial charge in [0.25, 0.3) is 5.91 Å². The van der Waals surface area contributed by atoms with E-state index >= 15 is 0 Å². The summed E-state index contributed by atoms with van der Waals surface area (Å²) >= 11 is 0. The van der Waals surface area contributed by atoms with Gasteiger partial charge in [-0.25, -0.2) is 4.39 Å². The molecule has 0 saturated carbocycles. The number of likely N-dealkylation sites (tertiary alicyclic amines) is 1. The van der Waals surface area contributed by atoms with E-state index in [1.807, 2.05) is 0 Å². The quantitative estimate of drug-likeness (QED) is 0.755. The Bertz CT molecular complexity index is 437. The predicted octanol–water partition coefficient (Wildman–Crippen LogP) is 1.00. The van der Waals surface area contributed by atoms with Crippen LogP contribution < -0.4 is 5.73 Å². The summed E-state index contributed by atoms with van der Waals surface area (Å²) in [5.74, 6) is -0.988. The van der Waals surface area contributed by atoms with E-state index in [4.69, 9.17) is 10.8 Å². The highest BCUT2D eigenvalue weighted by molar-refractivity contribution is 5.95. The first-order valence-electron chi connectivity index (χ1n) is 5.60. The number of aliphatic hydroxyl groups excluding tert-OH is 1. The lowest BCUT2D eigenvalue weighted by molar-refractivity contribution is 0.0673. The van der Waals surface area contributed by atoms with Gasteiger partial charge in [0.05, 0.1) is 18.2 Å². The average Bonchev–Trinajstić information content (AvgIpc) is 2.76. The van der Waals surface area contributed by atoms with Gasteiger partial charge in [0.2, 0.25) is 0 Å². The zero-order valence-electron chi connectivity index (χ0n) is 9.40. The van der Waals surface area contributed by atoms with Crippen molar-refractivity contribution in [3.8, 4) is 0 Å². The van der Waals surface area contributed by atoms with E-state index in [-0.39, 0.29) is 24.1 Å². The Morgan fingerprint density at radius 1 is 1.59 bits per heavy atom. The molecule has 1 amide bonds. The summed E-state index contributed by atoms with van der Waals surface area (Å²) in [4.78, 5) is 13.6. The van der Waals surface area contributed by atoms with Crippen LogP contribution in [0.15, 0.2) is 18.2 Å². The lowest BCUT2D eigenvalue weighted by Crippen LogP contribution is -2.38. The van der Waals surface area contributed by atoms with E-state index in [0.29, 0.717) is 12.2 Å². The molecule has 2 rings (SSSR count). The number of halogens is 1. The topological polar surface area (TPSA) is 66.6 Å². The normalized spacial score (nSPS) is 19.6. The monoisotopic (exact) mass is 238 g/mol. The number of nitrogen functional groups attached to an aromatic ring is 1. The summed E-state index contributed by atoms with van der Waals surface area (Å²) < 4.78 is 13.6. The maximum Gasteiger partial charge on any atom is 0.257 e. The van der Waals surface area contributed by atoms with Crippen molar-refractivity contribution in [3.63, 3.8) is 0 Å². The molecule has 1 aromatic rings. The van der Waals surface area contributed by atoms with Crippen molar-refractivity contribution in [2.75, 3.05) is 18.9 Å². The lowest BCUT2D eigenvalue weighted by Gasteiger charge is -2.23. The first-order valence-corrected chi connectivity index (χ1v) is 5.60. The second-order valence-electron chi connectivity index (χ2n) is 4.22. The SMILES string of the molecule is Nc1ccc(C(=O)N2CCC[C@H]2CO)c(F)c1. The Balaban J connectivity index is 2.24. The first kappa shape index (κ1) is 11.9. The lowest BCUT2D eigenvalue weighted by atomic mass is 10.1. The summed E-state index contributed by atoms with van der Waals surface area (Å²) in [5.41, 5.74) is 5.73. The van der Waals surface area contributed by atoms with Gasteiger partial charge in [-0.3, -0.25) is 4.79 Å². The number of carbonyl (C=O) groups is 1. The van der Waals surface area contributed by atoms with Crippen LogP contribution in [0.4, 0.5) is 10.1 Å². The van der Waals surface area contributed by atoms with Crippen molar-refractivity contribution >= 4 is 11.6 Å². The molecule has 1 aliphatic heterocycles. The highest BCUT2D eigenvalue weighted by Crippen LogP contribution is 2.21. The third-order valence-electron chi connectivity index (χ3n) is 3.07. The van der Waals surface area contributed by atoms with Crippen LogP contribution in [0.5, 0.6) is 0 Å². The number of nitrogens with zero attached hydrogens (tertiary/aromatic N) is 1. The number of hydrogen-bond acceptors (Lipinski definition) is 3. The van der Waals surface area contributed by atoms with Crippen LogP contribution in [0, 0.1) is 5.82 Å². The van der Waals surface area contributed by atoms with Gasteiger partial charge in [0.15, 0.2) is 0 Å². The molecule has 0 bridgehead atoms. The van der Waals surface area contributed by atoms with E-state index in [0.717, 1.165) is 18.9 Å². The second kappa shape index (κ2) is 4.71. The van der Waals surface area contributed by atoms with E-state index < -0.39 is 5.82 Å². The molecule has 1 atom stereocenters. The highest BCUT2D eigenvalue weighted by Gasteiger charge is 2.29. The second-order valence-corrected chi connectivity index (χ2v) is 4.22. The molecule has 1 heterocycles. The molecule has 1 fully saturated rings. The van der Waals surface area contributed by atoms with Crippen LogP contribution in [0.1, 0.15) is 23.2 Å². The first-order chi connectivity index (χ1) is 8.13. The Hall–Kier alpha value is -1.62. The van der Waals surface area contributed by atoms with Crippen LogP contribution in [0.25, 0.3) is 0 Å². The number of benzene rings is 1. The van der Waals surface area contributed by atoms with Gasteiger partial charge in [-0.15, -0.1) is 0 Å². The molecule has 1 saturated heterocycles. The minimum Gasteiger partial charge on any atom is -0.399 e. The fourth-order valence-corrected chi connectivity index (χ4v) is 2.15. The van der Waals surface area contributed by atoms with Crippen LogP contribution in [0.2, 0.25) is 0 Å². The van der Waals surface area contributed by atoms with Gasteiger partial charge in [-0.2, -0.15) is 0 Å². The van der Waals surface area contributed by atoms with E-state index in [9.17, 15) is 9.18 Å². The summed E-state index contributed by atoms with van der Waals surface area (Å²) in [6, 6.07) is 3.83. The van der Waals surface area contributed by atoms with Gasteiger partial charge in [0, 0.05) is 12.2 Å². The molecule has 3 N–H and O–H groups in total. The van der Waals surface area contributed by atoms with Crippen LogP contribution in [-0.4, -0.2) is 35.1 Å². The number of rotatable bonds is 2. The number of aliphatic hydroxyl groups is 1. The van der Waals surface area contributed by atoms with Crippen molar-refractivity contribution in [2.45, 2.75) is 18.9 Å². The standard InChI is InChI=1S/C12H15FN2O2/c13-11-6-8(14)3-4-10(11)12(17)15-5-1-2-9(15)7-16/h3-4,6,9,16H,1-2,5,7,14H2/t9-/m0/s1. The van der Waals surface area contributed by atoms with Crippen molar-refractivity contribution in [1.29, 1.82) is 0 Å². The average molecular weight is 238 g/mol.